The van der Waals surface area contributed by atoms with Gasteiger partial charge >= 0.3 is 0 Å². The fourth-order valence-corrected chi connectivity index (χ4v) is 4.23. The summed E-state index contributed by atoms with van der Waals surface area (Å²) in [6.07, 6.45) is 2.50. The zero-order chi connectivity index (χ0) is 16.5. The Morgan fingerprint density at radius 3 is 2.71 bits per heavy atom. The first-order valence-corrected chi connectivity index (χ1v) is 8.83. The molecule has 0 radical (unpaired) electrons. The maximum atomic E-state index is 6.32. The molecular weight excluding hydrogens is 298 g/mol. The second-order valence-corrected chi connectivity index (χ2v) is 6.97. The molecule has 0 unspecified atom stereocenters. The van der Waals surface area contributed by atoms with Gasteiger partial charge in [0.15, 0.2) is 0 Å². The van der Waals surface area contributed by atoms with Crippen LogP contribution < -0.4 is 4.74 Å². The van der Waals surface area contributed by atoms with Crippen molar-refractivity contribution in [2.75, 3.05) is 13.7 Å². The van der Waals surface area contributed by atoms with Crippen molar-refractivity contribution in [3.8, 4) is 5.75 Å². The van der Waals surface area contributed by atoms with Gasteiger partial charge in [-0.05, 0) is 36.1 Å². The van der Waals surface area contributed by atoms with Gasteiger partial charge in [-0.3, -0.25) is 4.90 Å². The summed E-state index contributed by atoms with van der Waals surface area (Å²) in [5.74, 6) is 1.00. The van der Waals surface area contributed by atoms with Crippen molar-refractivity contribution in [3.63, 3.8) is 0 Å². The van der Waals surface area contributed by atoms with Crippen molar-refractivity contribution in [1.82, 2.24) is 4.90 Å². The van der Waals surface area contributed by atoms with Gasteiger partial charge in [-0.25, -0.2) is 0 Å². The predicted octanol–water partition coefficient (Wildman–Crippen LogP) is 3.45. The van der Waals surface area contributed by atoms with Crippen LogP contribution in [-0.2, 0) is 24.1 Å². The van der Waals surface area contributed by atoms with Gasteiger partial charge in [0, 0.05) is 25.6 Å². The van der Waals surface area contributed by atoms with Crippen molar-refractivity contribution in [3.05, 3.63) is 65.2 Å². The molecule has 1 fully saturated rings. The van der Waals surface area contributed by atoms with E-state index >= 15 is 0 Å². The second kappa shape index (κ2) is 6.58. The average Bonchev–Trinajstić information content (AvgIpc) is 2.60. The molecule has 2 aromatic carbocycles. The van der Waals surface area contributed by atoms with Crippen LogP contribution in [0, 0.1) is 0 Å². The van der Waals surface area contributed by atoms with E-state index in [1.165, 1.54) is 16.7 Å². The minimum Gasteiger partial charge on any atom is -0.496 e. The van der Waals surface area contributed by atoms with E-state index in [0.717, 1.165) is 31.7 Å². The highest BCUT2D eigenvalue weighted by Gasteiger charge is 2.39. The van der Waals surface area contributed by atoms with Crippen molar-refractivity contribution < 1.29 is 9.47 Å². The minimum absolute atomic E-state index is 0.251. The van der Waals surface area contributed by atoms with Gasteiger partial charge in [0.2, 0.25) is 0 Å². The summed E-state index contributed by atoms with van der Waals surface area (Å²) in [7, 11) is 1.76. The summed E-state index contributed by atoms with van der Waals surface area (Å²) in [6.45, 7) is 4.18. The summed E-state index contributed by atoms with van der Waals surface area (Å²) in [5, 5.41) is 0. The van der Waals surface area contributed by atoms with Gasteiger partial charge in [-0.15, -0.1) is 0 Å². The number of hydrogen-bond donors (Lipinski definition) is 0. The van der Waals surface area contributed by atoms with E-state index in [1.54, 1.807) is 7.11 Å². The number of benzene rings is 2. The van der Waals surface area contributed by atoms with Crippen molar-refractivity contribution in [2.45, 2.75) is 44.6 Å². The maximum Gasteiger partial charge on any atom is 0.122 e. The van der Waals surface area contributed by atoms with Gasteiger partial charge in [-0.1, -0.05) is 42.5 Å². The molecule has 0 bridgehead atoms. The molecule has 1 heterocycles. The van der Waals surface area contributed by atoms with E-state index in [0.29, 0.717) is 6.04 Å². The molecule has 3 heteroatoms. The average molecular weight is 323 g/mol. The molecule has 0 spiro atoms. The van der Waals surface area contributed by atoms with Crippen LogP contribution >= 0.6 is 0 Å². The number of hydrogen-bond acceptors (Lipinski definition) is 3. The lowest BCUT2D eigenvalue weighted by molar-refractivity contribution is -0.118. The smallest absolute Gasteiger partial charge is 0.122 e. The molecule has 1 saturated heterocycles. The molecule has 1 aliphatic heterocycles. The maximum absolute atomic E-state index is 6.32. The number of morpholine rings is 1. The second-order valence-electron chi connectivity index (χ2n) is 6.97. The Morgan fingerprint density at radius 2 is 1.92 bits per heavy atom. The molecule has 0 aromatic heterocycles. The molecule has 1 aliphatic carbocycles. The third-order valence-electron chi connectivity index (χ3n) is 5.31. The molecule has 126 valence electrons. The van der Waals surface area contributed by atoms with Crippen molar-refractivity contribution in [2.24, 2.45) is 0 Å². The highest BCUT2D eigenvalue weighted by molar-refractivity contribution is 5.43. The Balaban J connectivity index is 1.62. The Bertz CT molecular complexity index is 700. The van der Waals surface area contributed by atoms with Crippen LogP contribution in [0.4, 0.5) is 0 Å². The highest BCUT2D eigenvalue weighted by Crippen LogP contribution is 2.35. The molecule has 24 heavy (non-hydrogen) atoms. The van der Waals surface area contributed by atoms with Crippen LogP contribution in [-0.4, -0.2) is 36.8 Å². The van der Waals surface area contributed by atoms with E-state index in [2.05, 4.69) is 60.4 Å². The first-order valence-electron chi connectivity index (χ1n) is 8.83. The Hall–Kier alpha value is -1.84. The fraction of sp³-hybridized carbons (Fsp3) is 0.429. The number of methoxy groups -OCH3 is 1. The van der Waals surface area contributed by atoms with Crippen LogP contribution in [0.25, 0.3) is 0 Å². The molecule has 3 atom stereocenters. The van der Waals surface area contributed by atoms with E-state index in [1.807, 2.05) is 0 Å². The normalized spacial score (nSPS) is 26.5. The van der Waals surface area contributed by atoms with E-state index in [9.17, 15) is 0 Å². The molecule has 0 N–H and O–H groups in total. The van der Waals surface area contributed by atoms with E-state index < -0.39 is 0 Å². The molecular formula is C21H25NO2. The lowest BCUT2D eigenvalue weighted by atomic mass is 9.83. The van der Waals surface area contributed by atoms with Crippen LogP contribution in [0.3, 0.4) is 0 Å². The highest BCUT2D eigenvalue weighted by atomic mass is 16.5. The Morgan fingerprint density at radius 1 is 1.08 bits per heavy atom. The quantitative estimate of drug-likeness (QED) is 0.863. The molecule has 4 rings (SSSR count). The first kappa shape index (κ1) is 15.7. The van der Waals surface area contributed by atoms with E-state index in [4.69, 9.17) is 9.47 Å². The molecule has 2 aliphatic rings. The van der Waals surface area contributed by atoms with Gasteiger partial charge in [0.05, 0.1) is 19.3 Å². The standard InChI is InChI=1S/C21H25NO2/c1-15-13-22(14-16-7-4-3-5-8-16)19-11-17-9-6-10-20(23-2)18(17)12-21(19)24-15/h3-10,15,19,21H,11-14H2,1-2H3/t15-,19+,21+/m0/s1. The lowest BCUT2D eigenvalue weighted by Crippen LogP contribution is -2.57. The summed E-state index contributed by atoms with van der Waals surface area (Å²) >= 11 is 0. The first-order chi connectivity index (χ1) is 11.7. The Kier molecular flexibility index (Phi) is 4.30. The monoisotopic (exact) mass is 323 g/mol. The largest absolute Gasteiger partial charge is 0.496 e. The summed E-state index contributed by atoms with van der Waals surface area (Å²) in [6, 6.07) is 17.6. The predicted molar refractivity (Wildman–Crippen MR) is 95.4 cm³/mol. The van der Waals surface area contributed by atoms with Crippen molar-refractivity contribution >= 4 is 0 Å². The minimum atomic E-state index is 0.251. The zero-order valence-electron chi connectivity index (χ0n) is 14.4. The SMILES string of the molecule is COc1cccc2c1C[C@H]1O[C@@H](C)CN(Cc3ccccc3)[C@@H]1C2. The van der Waals surface area contributed by atoms with Gasteiger partial charge in [0.25, 0.3) is 0 Å². The molecule has 0 saturated carbocycles. The molecule has 0 amide bonds. The number of ether oxygens (including phenoxy) is 2. The van der Waals surface area contributed by atoms with E-state index in [-0.39, 0.29) is 12.2 Å². The number of fused-ring (bicyclic) bond motifs is 2. The van der Waals surface area contributed by atoms with Crippen LogP contribution in [0.15, 0.2) is 48.5 Å². The van der Waals surface area contributed by atoms with Crippen molar-refractivity contribution in [1.29, 1.82) is 0 Å². The zero-order valence-corrected chi connectivity index (χ0v) is 14.4. The third kappa shape index (κ3) is 2.94. The number of nitrogens with zero attached hydrogens (tertiary/aromatic N) is 1. The van der Waals surface area contributed by atoms with Crippen LogP contribution in [0.2, 0.25) is 0 Å². The third-order valence-corrected chi connectivity index (χ3v) is 5.31. The van der Waals surface area contributed by atoms with Gasteiger partial charge in [0.1, 0.15) is 5.75 Å². The summed E-state index contributed by atoms with van der Waals surface area (Å²) in [5.41, 5.74) is 4.11. The fourth-order valence-electron chi connectivity index (χ4n) is 4.23. The topological polar surface area (TPSA) is 21.7 Å². The summed E-state index contributed by atoms with van der Waals surface area (Å²) in [4.78, 5) is 2.61. The number of rotatable bonds is 3. The lowest BCUT2D eigenvalue weighted by Gasteiger charge is -2.47. The van der Waals surface area contributed by atoms with Gasteiger partial charge in [-0.2, -0.15) is 0 Å². The summed E-state index contributed by atoms with van der Waals surface area (Å²) < 4.78 is 11.9. The molecule has 3 nitrogen and oxygen atoms in total. The van der Waals surface area contributed by atoms with Crippen LogP contribution in [0.1, 0.15) is 23.6 Å². The Labute approximate surface area is 144 Å². The molecule has 2 aromatic rings. The van der Waals surface area contributed by atoms with Crippen LogP contribution in [0.5, 0.6) is 5.75 Å². The van der Waals surface area contributed by atoms with Gasteiger partial charge < -0.3 is 9.47 Å².